The largest absolute Gasteiger partial charge is 0.488 e. The molecule has 21 heavy (non-hydrogen) atoms. The number of halogens is 1. The number of nitrogens with zero attached hydrogens (tertiary/aromatic N) is 2. The smallest absolute Gasteiger partial charge is 0.131 e. The van der Waals surface area contributed by atoms with Gasteiger partial charge in [-0.15, -0.1) is 0 Å². The second-order valence-electron chi connectivity index (χ2n) is 3.85. The Bertz CT molecular complexity index is 611. The molecule has 2 rings (SSSR count). The van der Waals surface area contributed by atoms with Crippen LogP contribution in [0.25, 0.3) is 0 Å². The van der Waals surface area contributed by atoms with Crippen molar-refractivity contribution in [3.63, 3.8) is 0 Å². The van der Waals surface area contributed by atoms with E-state index >= 15 is 0 Å². The molecule has 1 aromatic carbocycles. The average Bonchev–Trinajstić information content (AvgIpc) is 2.49. The molecule has 0 aliphatic heterocycles. The molecule has 0 atom stereocenters. The first-order valence-corrected chi connectivity index (χ1v) is 6.42. The normalized spacial score (nSPS) is 8.71. The molecule has 1 heterocycles. The van der Waals surface area contributed by atoms with E-state index < -0.39 is 5.82 Å². The number of hydrogen-bond acceptors (Lipinski definition) is 3. The number of ether oxygens (including phenoxy) is 1. The highest BCUT2D eigenvalue weighted by Gasteiger charge is 2.05. The summed E-state index contributed by atoms with van der Waals surface area (Å²) < 4.78 is 19.1. The summed E-state index contributed by atoms with van der Waals surface area (Å²) in [5.41, 5.74) is 1.62. The Morgan fingerprint density at radius 2 is 2.00 bits per heavy atom. The van der Waals surface area contributed by atoms with Crippen LogP contribution in [0.15, 0.2) is 36.7 Å². The van der Waals surface area contributed by atoms with Crippen LogP contribution in [0.4, 0.5) is 4.39 Å². The van der Waals surface area contributed by atoms with Crippen LogP contribution in [0.5, 0.6) is 5.75 Å². The van der Waals surface area contributed by atoms with Gasteiger partial charge in [-0.05, 0) is 25.1 Å². The highest BCUT2D eigenvalue weighted by molar-refractivity contribution is 7.59. The van der Waals surface area contributed by atoms with E-state index in [9.17, 15) is 4.39 Å². The monoisotopic (exact) mass is 306 g/mol. The Labute approximate surface area is 131 Å². The van der Waals surface area contributed by atoms with E-state index in [4.69, 9.17) is 10.00 Å². The second kappa shape index (κ2) is 9.78. The molecule has 0 saturated heterocycles. The van der Waals surface area contributed by atoms with E-state index in [1.54, 1.807) is 30.6 Å². The van der Waals surface area contributed by atoms with Crippen molar-refractivity contribution in [2.75, 3.05) is 0 Å². The molecule has 1 aromatic heterocycles. The van der Waals surface area contributed by atoms with Crippen molar-refractivity contribution < 1.29 is 9.13 Å². The minimum absolute atomic E-state index is 0. The fourth-order valence-electron chi connectivity index (χ4n) is 1.51. The van der Waals surface area contributed by atoms with Gasteiger partial charge in [-0.1, -0.05) is 19.9 Å². The van der Waals surface area contributed by atoms with Crippen LogP contribution in [0, 0.1) is 24.1 Å². The molecule has 3 nitrogen and oxygen atoms in total. The highest BCUT2D eigenvalue weighted by atomic mass is 32.1. The van der Waals surface area contributed by atoms with Crippen molar-refractivity contribution in [1.82, 2.24) is 4.98 Å². The molecule has 0 bridgehead atoms. The number of aryl methyl sites for hydroxylation is 1. The molecule has 5 heteroatoms. The lowest BCUT2D eigenvalue weighted by molar-refractivity contribution is 0.297. The van der Waals surface area contributed by atoms with Crippen molar-refractivity contribution in [2.45, 2.75) is 27.4 Å². The van der Waals surface area contributed by atoms with Gasteiger partial charge in [0.15, 0.2) is 0 Å². The van der Waals surface area contributed by atoms with E-state index in [-0.39, 0.29) is 20.1 Å². The van der Waals surface area contributed by atoms with Crippen LogP contribution in [0.3, 0.4) is 0 Å². The summed E-state index contributed by atoms with van der Waals surface area (Å²) in [5.74, 6) is 0.245. The predicted octanol–water partition coefficient (Wildman–Crippen LogP) is 4.12. The van der Waals surface area contributed by atoms with Gasteiger partial charge >= 0.3 is 0 Å². The lowest BCUT2D eigenvalue weighted by atomic mass is 10.1. The fourth-order valence-corrected chi connectivity index (χ4v) is 1.51. The van der Waals surface area contributed by atoms with E-state index in [2.05, 4.69) is 4.98 Å². The van der Waals surface area contributed by atoms with Gasteiger partial charge in [0.1, 0.15) is 18.2 Å². The molecule has 112 valence electrons. The SMILES string of the molecule is CC.Cc1cnccc1OCc1ccc(C#N)cc1F.S. The standard InChI is InChI=1S/C14H11FN2O.C2H6.H2S/c1-10-8-17-5-4-14(10)18-9-12-3-2-11(7-16)6-13(12)15;1-2;/h2-6,8H,9H2,1H3;1-2H3;1H2. The molecule has 0 radical (unpaired) electrons. The van der Waals surface area contributed by atoms with E-state index in [0.717, 1.165) is 5.56 Å². The zero-order valence-electron chi connectivity index (χ0n) is 12.4. The Morgan fingerprint density at radius 1 is 1.29 bits per heavy atom. The van der Waals surface area contributed by atoms with Gasteiger partial charge in [0, 0.05) is 23.5 Å². The molecule has 0 spiro atoms. The minimum Gasteiger partial charge on any atom is -0.488 e. The quantitative estimate of drug-likeness (QED) is 0.857. The number of benzene rings is 1. The summed E-state index contributed by atoms with van der Waals surface area (Å²) in [6.45, 7) is 6.00. The van der Waals surface area contributed by atoms with Crippen molar-refractivity contribution >= 4 is 13.5 Å². The van der Waals surface area contributed by atoms with Gasteiger partial charge < -0.3 is 4.74 Å². The topological polar surface area (TPSA) is 45.9 Å². The van der Waals surface area contributed by atoms with Gasteiger partial charge in [-0.3, -0.25) is 4.98 Å². The van der Waals surface area contributed by atoms with E-state index in [0.29, 0.717) is 16.9 Å². The van der Waals surface area contributed by atoms with Crippen molar-refractivity contribution in [3.8, 4) is 11.8 Å². The molecule has 0 fully saturated rings. The van der Waals surface area contributed by atoms with Crippen molar-refractivity contribution in [1.29, 1.82) is 5.26 Å². The highest BCUT2D eigenvalue weighted by Crippen LogP contribution is 2.18. The van der Waals surface area contributed by atoms with Gasteiger partial charge in [0.25, 0.3) is 0 Å². The third kappa shape index (κ3) is 5.44. The maximum Gasteiger partial charge on any atom is 0.131 e. The van der Waals surface area contributed by atoms with Crippen molar-refractivity contribution in [2.24, 2.45) is 0 Å². The molecule has 0 amide bonds. The minimum atomic E-state index is -0.430. The lowest BCUT2D eigenvalue weighted by Crippen LogP contribution is -2.00. The number of rotatable bonds is 3. The third-order valence-corrected chi connectivity index (χ3v) is 2.53. The summed E-state index contributed by atoms with van der Waals surface area (Å²) >= 11 is 0. The maximum atomic E-state index is 13.6. The summed E-state index contributed by atoms with van der Waals surface area (Å²) in [4.78, 5) is 3.95. The van der Waals surface area contributed by atoms with Crippen LogP contribution >= 0.6 is 13.5 Å². The lowest BCUT2D eigenvalue weighted by Gasteiger charge is -2.09. The first-order chi connectivity index (χ1) is 9.70. The first kappa shape index (κ1) is 18.9. The molecule has 0 unspecified atom stereocenters. The first-order valence-electron chi connectivity index (χ1n) is 6.42. The van der Waals surface area contributed by atoms with Gasteiger partial charge in [-0.25, -0.2) is 4.39 Å². The van der Waals surface area contributed by atoms with E-state index in [1.807, 2.05) is 26.8 Å². The number of nitriles is 1. The molecule has 0 N–H and O–H groups in total. The maximum absolute atomic E-state index is 13.6. The molecule has 2 aromatic rings. The van der Waals surface area contributed by atoms with E-state index in [1.165, 1.54) is 6.07 Å². The Kier molecular flexibility index (Phi) is 8.82. The Balaban J connectivity index is 0.00000128. The molecule has 0 saturated carbocycles. The summed E-state index contributed by atoms with van der Waals surface area (Å²) in [6, 6.07) is 7.96. The number of aromatic nitrogens is 1. The number of hydrogen-bond donors (Lipinski definition) is 0. The molecule has 0 aliphatic rings. The van der Waals surface area contributed by atoms with Crippen LogP contribution in [-0.2, 0) is 6.61 Å². The van der Waals surface area contributed by atoms with Crippen LogP contribution in [0.2, 0.25) is 0 Å². The Hall–Kier alpha value is -2.06. The van der Waals surface area contributed by atoms with Crippen molar-refractivity contribution in [3.05, 3.63) is 59.2 Å². The molecule has 0 aliphatic carbocycles. The molecular weight excluding hydrogens is 287 g/mol. The second-order valence-corrected chi connectivity index (χ2v) is 3.85. The summed E-state index contributed by atoms with van der Waals surface area (Å²) in [7, 11) is 0. The van der Waals surface area contributed by atoms with Crippen LogP contribution < -0.4 is 4.74 Å². The van der Waals surface area contributed by atoms with Gasteiger partial charge in [0.05, 0.1) is 11.6 Å². The number of pyridine rings is 1. The zero-order valence-corrected chi connectivity index (χ0v) is 13.4. The summed E-state index contributed by atoms with van der Waals surface area (Å²) in [5, 5.41) is 8.64. The summed E-state index contributed by atoms with van der Waals surface area (Å²) in [6.07, 6.45) is 3.31. The van der Waals surface area contributed by atoms with Gasteiger partial charge in [-0.2, -0.15) is 18.8 Å². The van der Waals surface area contributed by atoms with Gasteiger partial charge in [0.2, 0.25) is 0 Å². The fraction of sp³-hybridized carbons (Fsp3) is 0.250. The zero-order chi connectivity index (χ0) is 15.0. The predicted molar refractivity (Wildman–Crippen MR) is 86.2 cm³/mol. The van der Waals surface area contributed by atoms with Crippen LogP contribution in [-0.4, -0.2) is 4.98 Å². The third-order valence-electron chi connectivity index (χ3n) is 2.53. The average molecular weight is 306 g/mol. The molecular formula is C16H19FN2OS. The Morgan fingerprint density at radius 3 is 2.57 bits per heavy atom. The van der Waals surface area contributed by atoms with Crippen LogP contribution in [0.1, 0.15) is 30.5 Å².